The Labute approximate surface area is 150 Å². The second-order valence-corrected chi connectivity index (χ2v) is 12.9. The molecule has 0 spiro atoms. The summed E-state index contributed by atoms with van der Waals surface area (Å²) in [6.07, 6.45) is -0.886. The van der Waals surface area contributed by atoms with E-state index in [4.69, 9.17) is 31.2 Å². The third kappa shape index (κ3) is 4.24. The van der Waals surface area contributed by atoms with E-state index in [1.807, 2.05) is 0 Å². The van der Waals surface area contributed by atoms with Gasteiger partial charge in [0.05, 0.1) is 23.8 Å². The fraction of sp³-hybridized carbons (Fsp3) is 0.647. The van der Waals surface area contributed by atoms with Crippen LogP contribution in [0.4, 0.5) is 0 Å². The summed E-state index contributed by atoms with van der Waals surface area (Å²) < 4.78 is 17.1. The molecule has 136 valence electrons. The minimum absolute atomic E-state index is 0.0952. The molecule has 7 heteroatoms. The number of aliphatic hydroxyl groups is 1. The maximum atomic E-state index is 10.6. The molecule has 0 radical (unpaired) electrons. The van der Waals surface area contributed by atoms with Crippen molar-refractivity contribution in [3.63, 3.8) is 0 Å². The molecule has 2 atom stereocenters. The monoisotopic (exact) mass is 373 g/mol. The van der Waals surface area contributed by atoms with Gasteiger partial charge in [-0.3, -0.25) is 0 Å². The third-order valence-electron chi connectivity index (χ3n) is 4.81. The summed E-state index contributed by atoms with van der Waals surface area (Å²) >= 11 is 6.22. The van der Waals surface area contributed by atoms with Gasteiger partial charge in [-0.05, 0) is 35.8 Å². The molecule has 0 fully saturated rings. The second kappa shape index (κ2) is 7.21. The van der Waals surface area contributed by atoms with Crippen molar-refractivity contribution < 1.29 is 19.0 Å². The fourth-order valence-corrected chi connectivity index (χ4v) is 3.48. The van der Waals surface area contributed by atoms with Crippen LogP contribution >= 0.6 is 11.6 Å². The highest BCUT2D eigenvalue weighted by Crippen LogP contribution is 2.40. The van der Waals surface area contributed by atoms with Crippen LogP contribution < -0.4 is 15.2 Å². The first-order valence-corrected chi connectivity index (χ1v) is 11.5. The summed E-state index contributed by atoms with van der Waals surface area (Å²) in [5.74, 6) is 1.06. The van der Waals surface area contributed by atoms with Crippen LogP contribution in [0.5, 0.6) is 11.5 Å². The molecule has 0 aliphatic carbocycles. The summed E-state index contributed by atoms with van der Waals surface area (Å²) in [5.41, 5.74) is 6.76. The van der Waals surface area contributed by atoms with Gasteiger partial charge in [0.1, 0.15) is 13.2 Å². The SMILES string of the molecule is CC(C)(C)[Si](C)(C)OC[C@@H](N)[C@H](O)c1cc(Cl)c2c(c1)OCCO2. The van der Waals surface area contributed by atoms with E-state index in [-0.39, 0.29) is 5.04 Å². The van der Waals surface area contributed by atoms with Crippen molar-refractivity contribution in [2.45, 2.75) is 51.0 Å². The summed E-state index contributed by atoms with van der Waals surface area (Å²) in [6.45, 7) is 12.0. The lowest BCUT2D eigenvalue weighted by atomic mass is 10.0. The van der Waals surface area contributed by atoms with E-state index >= 15 is 0 Å². The Morgan fingerprint density at radius 2 is 1.92 bits per heavy atom. The molecule has 0 saturated heterocycles. The zero-order chi connectivity index (χ0) is 18.1. The number of hydrogen-bond donors (Lipinski definition) is 2. The highest BCUT2D eigenvalue weighted by Gasteiger charge is 2.38. The maximum Gasteiger partial charge on any atom is 0.192 e. The van der Waals surface area contributed by atoms with Gasteiger partial charge in [0.2, 0.25) is 0 Å². The number of fused-ring (bicyclic) bond motifs is 1. The number of rotatable bonds is 5. The highest BCUT2D eigenvalue weighted by atomic mass is 35.5. The van der Waals surface area contributed by atoms with E-state index in [2.05, 4.69) is 33.9 Å². The van der Waals surface area contributed by atoms with E-state index in [9.17, 15) is 5.11 Å². The van der Waals surface area contributed by atoms with E-state index < -0.39 is 20.5 Å². The van der Waals surface area contributed by atoms with Crippen LogP contribution in [-0.4, -0.2) is 39.3 Å². The highest BCUT2D eigenvalue weighted by molar-refractivity contribution is 6.74. The molecule has 24 heavy (non-hydrogen) atoms. The average Bonchev–Trinajstić information content (AvgIpc) is 2.50. The van der Waals surface area contributed by atoms with E-state index in [0.717, 1.165) is 0 Å². The largest absolute Gasteiger partial charge is 0.486 e. The Morgan fingerprint density at radius 3 is 2.54 bits per heavy atom. The molecular formula is C17H28ClNO4Si. The van der Waals surface area contributed by atoms with Gasteiger partial charge in [-0.25, -0.2) is 0 Å². The zero-order valence-corrected chi connectivity index (χ0v) is 16.8. The Morgan fingerprint density at radius 1 is 1.29 bits per heavy atom. The number of ether oxygens (including phenoxy) is 2. The summed E-state index contributed by atoms with van der Waals surface area (Å²) in [4.78, 5) is 0. The Hall–Kier alpha value is -0.793. The first kappa shape index (κ1) is 19.5. The van der Waals surface area contributed by atoms with Gasteiger partial charge < -0.3 is 24.7 Å². The van der Waals surface area contributed by atoms with Gasteiger partial charge in [-0.1, -0.05) is 32.4 Å². The van der Waals surface area contributed by atoms with Crippen LogP contribution in [-0.2, 0) is 4.43 Å². The summed E-state index contributed by atoms with van der Waals surface area (Å²) in [6, 6.07) is 2.86. The molecule has 0 bridgehead atoms. The Balaban J connectivity index is 2.08. The van der Waals surface area contributed by atoms with E-state index in [1.165, 1.54) is 0 Å². The zero-order valence-electron chi connectivity index (χ0n) is 15.1. The molecule has 1 aliphatic heterocycles. The van der Waals surface area contributed by atoms with Gasteiger partial charge in [0.25, 0.3) is 0 Å². The van der Waals surface area contributed by atoms with Crippen molar-refractivity contribution in [2.24, 2.45) is 5.73 Å². The third-order valence-corrected chi connectivity index (χ3v) is 9.59. The number of hydrogen-bond acceptors (Lipinski definition) is 5. The summed E-state index contributed by atoms with van der Waals surface area (Å²) in [7, 11) is -1.91. The van der Waals surface area contributed by atoms with Crippen LogP contribution in [0.3, 0.4) is 0 Å². The lowest BCUT2D eigenvalue weighted by Crippen LogP contribution is -2.45. The molecule has 0 aromatic heterocycles. The first-order valence-electron chi connectivity index (χ1n) is 8.19. The van der Waals surface area contributed by atoms with Crippen molar-refractivity contribution >= 4 is 19.9 Å². The smallest absolute Gasteiger partial charge is 0.192 e. The molecule has 1 aromatic rings. The molecule has 5 nitrogen and oxygen atoms in total. The summed E-state index contributed by atoms with van der Waals surface area (Å²) in [5, 5.41) is 11.1. The minimum Gasteiger partial charge on any atom is -0.486 e. The molecule has 0 saturated carbocycles. The van der Waals surface area contributed by atoms with Gasteiger partial charge >= 0.3 is 0 Å². The van der Waals surface area contributed by atoms with Gasteiger partial charge in [-0.2, -0.15) is 0 Å². The van der Waals surface area contributed by atoms with Crippen LogP contribution in [0.1, 0.15) is 32.4 Å². The van der Waals surface area contributed by atoms with Crippen molar-refractivity contribution in [2.75, 3.05) is 19.8 Å². The molecular weight excluding hydrogens is 346 g/mol. The fourth-order valence-electron chi connectivity index (χ4n) is 2.16. The van der Waals surface area contributed by atoms with Gasteiger partial charge in [0, 0.05) is 0 Å². The molecule has 1 aromatic carbocycles. The van der Waals surface area contributed by atoms with Crippen LogP contribution in [0.2, 0.25) is 23.2 Å². The lowest BCUT2D eigenvalue weighted by molar-refractivity contribution is 0.111. The van der Waals surface area contributed by atoms with Crippen molar-refractivity contribution in [1.29, 1.82) is 0 Å². The topological polar surface area (TPSA) is 73.9 Å². The number of nitrogens with two attached hydrogens (primary N) is 1. The van der Waals surface area contributed by atoms with Crippen molar-refractivity contribution in [3.8, 4) is 11.5 Å². The number of benzene rings is 1. The van der Waals surface area contributed by atoms with Gasteiger partial charge in [-0.15, -0.1) is 0 Å². The molecule has 1 aliphatic rings. The predicted octanol–water partition coefficient (Wildman–Crippen LogP) is 3.49. The maximum absolute atomic E-state index is 10.6. The van der Waals surface area contributed by atoms with Crippen LogP contribution in [0.15, 0.2) is 12.1 Å². The molecule has 3 N–H and O–H groups in total. The lowest BCUT2D eigenvalue weighted by Gasteiger charge is -2.37. The first-order chi connectivity index (χ1) is 11.0. The van der Waals surface area contributed by atoms with Crippen molar-refractivity contribution in [1.82, 2.24) is 0 Å². The quantitative estimate of drug-likeness (QED) is 0.773. The molecule has 1 heterocycles. The minimum atomic E-state index is -1.91. The molecule has 2 rings (SSSR count). The standard InChI is InChI=1S/C17H28ClNO4Si/c1-17(2,3)24(4,5)23-10-13(19)15(20)11-8-12(18)16-14(9-11)21-6-7-22-16/h8-9,13,15,20H,6-7,10,19H2,1-5H3/t13-,15-/m1/s1. The number of aliphatic hydroxyl groups excluding tert-OH is 1. The van der Waals surface area contributed by atoms with E-state index in [1.54, 1.807) is 12.1 Å². The predicted molar refractivity (Wildman–Crippen MR) is 98.5 cm³/mol. The van der Waals surface area contributed by atoms with Gasteiger partial charge in [0.15, 0.2) is 19.8 Å². The van der Waals surface area contributed by atoms with Crippen LogP contribution in [0.25, 0.3) is 0 Å². The van der Waals surface area contributed by atoms with Crippen molar-refractivity contribution in [3.05, 3.63) is 22.7 Å². The average molecular weight is 374 g/mol. The Kier molecular flexibility index (Phi) is 5.87. The second-order valence-electron chi connectivity index (χ2n) is 7.71. The normalized spacial score (nSPS) is 17.5. The molecule has 0 amide bonds. The van der Waals surface area contributed by atoms with Crippen LogP contribution in [0, 0.1) is 0 Å². The Bertz CT molecular complexity index is 589. The van der Waals surface area contributed by atoms with E-state index in [0.29, 0.717) is 41.9 Å². The number of halogens is 1. The molecule has 0 unspecified atom stereocenters.